The van der Waals surface area contributed by atoms with Crippen LogP contribution in [0.25, 0.3) is 5.76 Å². The maximum Gasteiger partial charge on any atom is 0.300 e. The third-order valence-electron chi connectivity index (χ3n) is 5.79. The minimum atomic E-state index is -0.778. The van der Waals surface area contributed by atoms with Gasteiger partial charge < -0.3 is 14.6 Å². The maximum atomic E-state index is 13.3. The fourth-order valence-electron chi connectivity index (χ4n) is 4.28. The minimum absolute atomic E-state index is 0.0111. The van der Waals surface area contributed by atoms with Crippen LogP contribution < -0.4 is 14.4 Å². The van der Waals surface area contributed by atoms with Gasteiger partial charge in [0.2, 0.25) is 0 Å². The number of hydrogen-bond donors (Lipinski definition) is 1. The molecule has 3 aromatic carbocycles. The van der Waals surface area contributed by atoms with Gasteiger partial charge in [0.15, 0.2) is 0 Å². The monoisotopic (exact) mass is 471 g/mol. The second kappa shape index (κ2) is 10.1. The number of anilines is 1. The number of aryl methyl sites for hydroxylation is 1. The Labute approximate surface area is 205 Å². The van der Waals surface area contributed by atoms with E-state index in [0.717, 1.165) is 11.1 Å². The molecule has 1 N–H and O–H groups in total. The zero-order valence-corrected chi connectivity index (χ0v) is 20.3. The number of hydrogen-bond acceptors (Lipinski definition) is 5. The molecule has 0 bridgehead atoms. The molecule has 35 heavy (non-hydrogen) atoms. The van der Waals surface area contributed by atoms with Gasteiger partial charge in [0.05, 0.1) is 24.3 Å². The molecule has 0 saturated carbocycles. The summed E-state index contributed by atoms with van der Waals surface area (Å²) < 4.78 is 11.3. The molecule has 0 spiro atoms. The van der Waals surface area contributed by atoms with E-state index in [1.165, 1.54) is 4.90 Å². The number of Topliss-reactive ketones (excluding diaryl/α,β-unsaturated/α-hetero) is 1. The summed E-state index contributed by atoms with van der Waals surface area (Å²) in [5.74, 6) is -0.272. The number of aliphatic hydroxyl groups excluding tert-OH is 1. The molecule has 1 fully saturated rings. The lowest BCUT2D eigenvalue weighted by atomic mass is 9.94. The van der Waals surface area contributed by atoms with Gasteiger partial charge in [0.1, 0.15) is 17.3 Å². The Bertz CT molecular complexity index is 1260. The summed E-state index contributed by atoms with van der Waals surface area (Å²) in [5.41, 5.74) is 2.58. The van der Waals surface area contributed by atoms with Crippen molar-refractivity contribution in [2.75, 3.05) is 11.5 Å². The highest BCUT2D eigenvalue weighted by molar-refractivity contribution is 6.51. The second-order valence-corrected chi connectivity index (χ2v) is 8.65. The highest BCUT2D eigenvalue weighted by atomic mass is 16.5. The minimum Gasteiger partial charge on any atom is -0.507 e. The van der Waals surface area contributed by atoms with Gasteiger partial charge in [-0.05, 0) is 81.3 Å². The van der Waals surface area contributed by atoms with Crippen LogP contribution in [0, 0.1) is 6.92 Å². The molecule has 4 rings (SSSR count). The molecule has 1 atom stereocenters. The van der Waals surface area contributed by atoms with E-state index in [9.17, 15) is 14.7 Å². The normalized spacial score (nSPS) is 17.2. The summed E-state index contributed by atoms with van der Waals surface area (Å²) in [7, 11) is 0. The third kappa shape index (κ3) is 4.78. The molecule has 1 aliphatic rings. The lowest BCUT2D eigenvalue weighted by molar-refractivity contribution is -0.132. The van der Waals surface area contributed by atoms with Gasteiger partial charge in [0, 0.05) is 11.3 Å². The number of amides is 1. The molecule has 1 saturated heterocycles. The first-order valence-corrected chi connectivity index (χ1v) is 11.7. The first kappa shape index (κ1) is 24.1. The van der Waals surface area contributed by atoms with Gasteiger partial charge in [-0.25, -0.2) is 0 Å². The van der Waals surface area contributed by atoms with E-state index in [1.807, 2.05) is 58.0 Å². The third-order valence-corrected chi connectivity index (χ3v) is 5.79. The van der Waals surface area contributed by atoms with Crippen molar-refractivity contribution in [3.63, 3.8) is 0 Å². The van der Waals surface area contributed by atoms with Crippen LogP contribution in [-0.2, 0) is 9.59 Å². The van der Waals surface area contributed by atoms with Crippen molar-refractivity contribution in [2.24, 2.45) is 0 Å². The van der Waals surface area contributed by atoms with Crippen LogP contribution in [0.1, 0.15) is 43.5 Å². The van der Waals surface area contributed by atoms with E-state index in [0.29, 0.717) is 29.4 Å². The van der Waals surface area contributed by atoms with Crippen molar-refractivity contribution in [1.29, 1.82) is 0 Å². The maximum absolute atomic E-state index is 13.3. The van der Waals surface area contributed by atoms with Crippen molar-refractivity contribution >= 4 is 23.1 Å². The first-order valence-electron chi connectivity index (χ1n) is 11.7. The molecular formula is C29H29NO5. The van der Waals surface area contributed by atoms with Crippen molar-refractivity contribution in [3.05, 3.63) is 95.1 Å². The quantitative estimate of drug-likeness (QED) is 0.267. The van der Waals surface area contributed by atoms with Crippen molar-refractivity contribution in [1.82, 2.24) is 0 Å². The first-order chi connectivity index (χ1) is 16.8. The summed E-state index contributed by atoms with van der Waals surface area (Å²) in [6, 6.07) is 20.7. The van der Waals surface area contributed by atoms with Crippen LogP contribution in [0.2, 0.25) is 0 Å². The van der Waals surface area contributed by atoms with Gasteiger partial charge in [0.25, 0.3) is 11.7 Å². The van der Waals surface area contributed by atoms with E-state index in [4.69, 9.17) is 9.47 Å². The number of benzene rings is 3. The van der Waals surface area contributed by atoms with Gasteiger partial charge in [-0.1, -0.05) is 30.3 Å². The average Bonchev–Trinajstić information content (AvgIpc) is 3.11. The Morgan fingerprint density at radius 1 is 1.00 bits per heavy atom. The molecular weight excluding hydrogens is 442 g/mol. The van der Waals surface area contributed by atoms with E-state index < -0.39 is 17.7 Å². The molecule has 0 aliphatic carbocycles. The number of ether oxygens (including phenoxy) is 2. The Morgan fingerprint density at radius 3 is 2.29 bits per heavy atom. The zero-order valence-electron chi connectivity index (χ0n) is 20.3. The van der Waals surface area contributed by atoms with Crippen molar-refractivity contribution in [2.45, 2.75) is 39.8 Å². The number of rotatable bonds is 7. The SMILES string of the molecule is CCOc1ccc(/C(O)=C2/C(=O)C(=O)N(c3ccc(OC(C)C)cc3)C2c2ccccc2)cc1C. The highest BCUT2D eigenvalue weighted by Gasteiger charge is 2.46. The fourth-order valence-corrected chi connectivity index (χ4v) is 4.28. The number of nitrogens with zero attached hydrogens (tertiary/aromatic N) is 1. The van der Waals surface area contributed by atoms with E-state index in [-0.39, 0.29) is 17.4 Å². The summed E-state index contributed by atoms with van der Waals surface area (Å²) >= 11 is 0. The van der Waals surface area contributed by atoms with Crippen LogP contribution in [0.4, 0.5) is 5.69 Å². The number of aliphatic hydroxyl groups is 1. The molecule has 1 heterocycles. The largest absolute Gasteiger partial charge is 0.507 e. The fraction of sp³-hybridized carbons (Fsp3) is 0.241. The smallest absolute Gasteiger partial charge is 0.300 e. The predicted molar refractivity (Wildman–Crippen MR) is 136 cm³/mol. The van der Waals surface area contributed by atoms with Gasteiger partial charge >= 0.3 is 0 Å². The van der Waals surface area contributed by atoms with Crippen molar-refractivity contribution < 1.29 is 24.2 Å². The molecule has 1 unspecified atom stereocenters. The molecule has 6 heteroatoms. The number of carbonyl (C=O) groups excluding carboxylic acids is 2. The molecule has 180 valence electrons. The predicted octanol–water partition coefficient (Wildman–Crippen LogP) is 5.81. The molecule has 3 aromatic rings. The molecule has 0 radical (unpaired) electrons. The van der Waals surface area contributed by atoms with Crippen LogP contribution in [0.5, 0.6) is 11.5 Å². The van der Waals surface area contributed by atoms with Crippen molar-refractivity contribution in [3.8, 4) is 11.5 Å². The van der Waals surface area contributed by atoms with E-state index in [2.05, 4.69) is 0 Å². The van der Waals surface area contributed by atoms with E-state index in [1.54, 1.807) is 42.5 Å². The van der Waals surface area contributed by atoms with Crippen LogP contribution >= 0.6 is 0 Å². The summed E-state index contributed by atoms with van der Waals surface area (Å²) in [6.45, 7) is 8.16. The Morgan fingerprint density at radius 2 is 1.69 bits per heavy atom. The van der Waals surface area contributed by atoms with Gasteiger partial charge in [-0.2, -0.15) is 0 Å². The molecule has 1 amide bonds. The van der Waals surface area contributed by atoms with Gasteiger partial charge in [-0.15, -0.1) is 0 Å². The molecule has 0 aromatic heterocycles. The lowest BCUT2D eigenvalue weighted by Crippen LogP contribution is -2.29. The Hall–Kier alpha value is -4.06. The molecule has 6 nitrogen and oxygen atoms in total. The Balaban J connectivity index is 1.83. The highest BCUT2D eigenvalue weighted by Crippen LogP contribution is 2.42. The van der Waals surface area contributed by atoms with Crippen LogP contribution in [0.15, 0.2) is 78.4 Å². The molecule has 1 aliphatic heterocycles. The topological polar surface area (TPSA) is 76.1 Å². The summed E-state index contributed by atoms with van der Waals surface area (Å²) in [5, 5.41) is 11.3. The summed E-state index contributed by atoms with van der Waals surface area (Å²) in [6.07, 6.45) is 0.0111. The summed E-state index contributed by atoms with van der Waals surface area (Å²) in [4.78, 5) is 28.0. The van der Waals surface area contributed by atoms with Crippen LogP contribution in [-0.4, -0.2) is 29.5 Å². The second-order valence-electron chi connectivity index (χ2n) is 8.65. The number of carbonyl (C=O) groups is 2. The van der Waals surface area contributed by atoms with Crippen LogP contribution in [0.3, 0.4) is 0 Å². The van der Waals surface area contributed by atoms with Gasteiger partial charge in [-0.3, -0.25) is 14.5 Å². The number of ketones is 1. The van der Waals surface area contributed by atoms with E-state index >= 15 is 0 Å². The average molecular weight is 472 g/mol. The zero-order chi connectivity index (χ0) is 25.1. The lowest BCUT2D eigenvalue weighted by Gasteiger charge is -2.25. The standard InChI is InChI=1S/C29H29NO5/c1-5-34-24-16-11-21(17-19(24)4)27(31)25-26(20-9-7-6-8-10-20)30(29(33)28(25)32)22-12-14-23(15-13-22)35-18(2)3/h6-18,26,31H,5H2,1-4H3/b27-25-. The Kier molecular flexibility index (Phi) is 6.92.